The molecule has 0 aromatic rings. The molecule has 0 aliphatic carbocycles. The summed E-state index contributed by atoms with van der Waals surface area (Å²) < 4.78 is 20.8. The zero-order valence-electron chi connectivity index (χ0n) is 9.71. The molecule has 0 aliphatic rings. The third-order valence-electron chi connectivity index (χ3n) is 1.93. The number of hydrogen-bond acceptors (Lipinski definition) is 4. The molecule has 15 heavy (non-hydrogen) atoms. The van der Waals surface area contributed by atoms with Crippen LogP contribution in [0.2, 0.25) is 0 Å². The van der Waals surface area contributed by atoms with Gasteiger partial charge >= 0.3 is 17.1 Å². The van der Waals surface area contributed by atoms with Crippen LogP contribution >= 0.6 is 14.7 Å². The Balaban J connectivity index is -0.000000180. The van der Waals surface area contributed by atoms with Gasteiger partial charge < -0.3 is 18.9 Å². The van der Waals surface area contributed by atoms with Gasteiger partial charge in [-0.1, -0.05) is 27.7 Å². The Morgan fingerprint density at radius 2 is 0.867 bits per heavy atom. The molecule has 0 saturated heterocycles. The molecule has 0 atom stereocenters. The third kappa shape index (κ3) is 14.9. The topological polar surface area (TPSA) is 80.3 Å². The minimum atomic E-state index is -2.90. The van der Waals surface area contributed by atoms with Gasteiger partial charge in [-0.3, -0.25) is 0 Å². The minimum absolute atomic E-state index is 0. The summed E-state index contributed by atoms with van der Waals surface area (Å²) in [7, 11) is -5.81. The molecular weight excluding hydrogens is 278 g/mol. The van der Waals surface area contributed by atoms with Crippen molar-refractivity contribution in [2.75, 3.05) is 24.6 Å². The van der Waals surface area contributed by atoms with Crippen molar-refractivity contribution in [1.82, 2.24) is 0 Å². The Labute approximate surface area is 103 Å². The second kappa shape index (κ2) is 10.1. The summed E-state index contributed by atoms with van der Waals surface area (Å²) in [5, 5.41) is 0. The fourth-order valence-corrected chi connectivity index (χ4v) is 1.34. The predicted octanol–water partition coefficient (Wildman–Crippen LogP) is 1.33. The maximum Gasteiger partial charge on any atom is 2.00 e. The molecule has 0 aromatic carbocycles. The first-order valence-corrected chi connectivity index (χ1v) is 8.81. The van der Waals surface area contributed by atoms with Gasteiger partial charge in [0.05, 0.1) is 0 Å². The van der Waals surface area contributed by atoms with E-state index in [0.717, 1.165) is 0 Å². The van der Waals surface area contributed by atoms with E-state index in [1.807, 2.05) is 0 Å². The van der Waals surface area contributed by atoms with Crippen molar-refractivity contribution >= 4 is 14.7 Å². The second-order valence-electron chi connectivity index (χ2n) is 2.89. The van der Waals surface area contributed by atoms with Gasteiger partial charge in [0.1, 0.15) is 0 Å². The second-order valence-corrected chi connectivity index (χ2v) is 8.68. The van der Waals surface area contributed by atoms with E-state index >= 15 is 0 Å². The van der Waals surface area contributed by atoms with Crippen LogP contribution < -0.4 is 9.79 Å². The number of hydrogen-bond donors (Lipinski definition) is 0. The van der Waals surface area contributed by atoms with Gasteiger partial charge in [-0.2, -0.15) is 0 Å². The maximum absolute atomic E-state index is 10.4. The monoisotopic (exact) mass is 298 g/mol. The normalized spacial score (nSPS) is 11.1. The molecule has 0 heterocycles. The fraction of sp³-hybridized carbons (Fsp3) is 1.00. The smallest absolute Gasteiger partial charge is 0.799 e. The van der Waals surface area contributed by atoms with Crippen LogP contribution in [0.15, 0.2) is 0 Å². The largest absolute Gasteiger partial charge is 2.00 e. The third-order valence-corrected chi connectivity index (χ3v) is 5.78. The van der Waals surface area contributed by atoms with Crippen LogP contribution in [0.3, 0.4) is 0 Å². The van der Waals surface area contributed by atoms with E-state index in [4.69, 9.17) is 0 Å². The summed E-state index contributed by atoms with van der Waals surface area (Å²) in [4.78, 5) is 20.8. The van der Waals surface area contributed by atoms with Crippen LogP contribution in [-0.2, 0) is 26.2 Å². The van der Waals surface area contributed by atoms with Crippen molar-refractivity contribution < 1.29 is 36.0 Å². The van der Waals surface area contributed by atoms with E-state index in [9.17, 15) is 18.9 Å². The summed E-state index contributed by atoms with van der Waals surface area (Å²) in [6, 6.07) is 0. The summed E-state index contributed by atoms with van der Waals surface area (Å²) >= 11 is 0. The minimum Gasteiger partial charge on any atom is -0.799 e. The van der Waals surface area contributed by atoms with E-state index in [1.165, 1.54) is 0 Å². The molecule has 0 amide bonds. The first-order valence-electron chi connectivity index (χ1n) is 4.82. The van der Waals surface area contributed by atoms with Crippen molar-refractivity contribution in [3.63, 3.8) is 0 Å². The van der Waals surface area contributed by atoms with Gasteiger partial charge in [0, 0.05) is 14.7 Å². The van der Waals surface area contributed by atoms with Gasteiger partial charge in [-0.25, -0.2) is 0 Å². The average molecular weight is 298 g/mol. The Bertz CT molecular complexity index is 193. The molecule has 94 valence electrons. The molecule has 0 unspecified atom stereocenters. The Hall–Kier alpha value is 0.899. The van der Waals surface area contributed by atoms with Gasteiger partial charge in [-0.15, -0.1) is 0 Å². The zero-order chi connectivity index (χ0) is 11.8. The number of rotatable bonds is 4. The Kier molecular flexibility index (Phi) is 14.3. The predicted molar refractivity (Wildman–Crippen MR) is 57.4 cm³/mol. The quantitative estimate of drug-likeness (QED) is 0.579. The van der Waals surface area contributed by atoms with Gasteiger partial charge in [0.2, 0.25) is 0 Å². The van der Waals surface area contributed by atoms with Crippen molar-refractivity contribution in [2.45, 2.75) is 27.7 Å². The average Bonchev–Trinajstić information content (AvgIpc) is 2.19. The summed E-state index contributed by atoms with van der Waals surface area (Å²) in [6.07, 6.45) is 1.18. The fourth-order valence-electron chi connectivity index (χ4n) is 0.447. The standard InChI is InChI=1S/2C4H11O2P.Fe/c2*1-3-7(5,6)4-2;/h2*3-4H2,1-2H3,(H,5,6);/q;;+2/p-2. The summed E-state index contributed by atoms with van der Waals surface area (Å²) in [6.45, 7) is 6.66. The first-order chi connectivity index (χ1) is 6.24. The van der Waals surface area contributed by atoms with Crippen LogP contribution in [0.25, 0.3) is 0 Å². The summed E-state index contributed by atoms with van der Waals surface area (Å²) in [5.41, 5.74) is 0. The van der Waals surface area contributed by atoms with Crippen molar-refractivity contribution in [3.8, 4) is 0 Å². The Morgan fingerprint density at radius 3 is 0.867 bits per heavy atom. The maximum atomic E-state index is 10.4. The van der Waals surface area contributed by atoms with E-state index in [0.29, 0.717) is 24.6 Å². The van der Waals surface area contributed by atoms with Crippen LogP contribution in [0.5, 0.6) is 0 Å². The molecule has 4 nitrogen and oxygen atoms in total. The van der Waals surface area contributed by atoms with E-state index in [-0.39, 0.29) is 17.1 Å². The first kappa shape index (κ1) is 21.2. The van der Waals surface area contributed by atoms with Crippen LogP contribution in [0.1, 0.15) is 27.7 Å². The van der Waals surface area contributed by atoms with Crippen LogP contribution in [0.4, 0.5) is 0 Å². The zero-order valence-corrected chi connectivity index (χ0v) is 12.6. The van der Waals surface area contributed by atoms with E-state index < -0.39 is 14.7 Å². The van der Waals surface area contributed by atoms with Gasteiger partial charge in [0.25, 0.3) is 0 Å². The van der Waals surface area contributed by atoms with Crippen LogP contribution in [0, 0.1) is 0 Å². The van der Waals surface area contributed by atoms with E-state index in [2.05, 4.69) is 0 Å². The van der Waals surface area contributed by atoms with E-state index in [1.54, 1.807) is 27.7 Å². The molecule has 0 aliphatic heterocycles. The Morgan fingerprint density at radius 1 is 0.733 bits per heavy atom. The van der Waals surface area contributed by atoms with Crippen molar-refractivity contribution in [1.29, 1.82) is 0 Å². The molecule has 0 spiro atoms. The summed E-state index contributed by atoms with van der Waals surface area (Å²) in [5.74, 6) is 0. The van der Waals surface area contributed by atoms with Crippen molar-refractivity contribution in [3.05, 3.63) is 0 Å². The molecule has 7 heteroatoms. The molecule has 0 saturated carbocycles. The molecule has 0 bridgehead atoms. The van der Waals surface area contributed by atoms with Gasteiger partial charge in [0.15, 0.2) is 0 Å². The molecule has 0 N–H and O–H groups in total. The van der Waals surface area contributed by atoms with Crippen molar-refractivity contribution in [2.24, 2.45) is 0 Å². The molecule has 0 rings (SSSR count). The van der Waals surface area contributed by atoms with Gasteiger partial charge in [-0.05, 0) is 24.6 Å². The van der Waals surface area contributed by atoms with Crippen LogP contribution in [-0.4, -0.2) is 24.6 Å². The molecule has 0 fully saturated rings. The molecule has 0 aromatic heterocycles. The molecular formula is C8H20FeO4P2. The molecule has 0 radical (unpaired) electrons. The SMILES string of the molecule is CCP(=O)([O-])CC.CCP(=O)([O-])CC.[Fe+2].